The maximum Gasteiger partial charge on any atom is 0.255 e. The van der Waals surface area contributed by atoms with E-state index in [0.29, 0.717) is 0 Å². The molecule has 0 atom stereocenters. The first-order valence-electron chi connectivity index (χ1n) is 6.52. The van der Waals surface area contributed by atoms with Crippen molar-refractivity contribution < 1.29 is 0 Å². The van der Waals surface area contributed by atoms with Crippen molar-refractivity contribution in [3.8, 4) is 0 Å². The third kappa shape index (κ3) is 2.60. The van der Waals surface area contributed by atoms with Crippen LogP contribution in [0.15, 0.2) is 23.1 Å². The lowest BCUT2D eigenvalue weighted by atomic mass is 9.88. The monoisotopic (exact) mass is 234 g/mol. The Hall–Kier alpha value is -1.09. The summed E-state index contributed by atoms with van der Waals surface area (Å²) in [6, 6.07) is 3.93. The van der Waals surface area contributed by atoms with E-state index in [1.54, 1.807) is 4.57 Å². The SMILES string of the molecule is CCn1cccc(CN2CC(C(C)C)C2)c1=O. The van der Waals surface area contributed by atoms with E-state index in [2.05, 4.69) is 18.7 Å². The van der Waals surface area contributed by atoms with E-state index >= 15 is 0 Å². The highest BCUT2D eigenvalue weighted by atomic mass is 16.1. The van der Waals surface area contributed by atoms with Crippen LogP contribution in [-0.4, -0.2) is 22.6 Å². The number of hydrogen-bond acceptors (Lipinski definition) is 2. The second kappa shape index (κ2) is 5.05. The van der Waals surface area contributed by atoms with Crippen LogP contribution in [0, 0.1) is 11.8 Å². The smallest absolute Gasteiger partial charge is 0.255 e. The number of hydrogen-bond donors (Lipinski definition) is 0. The highest BCUT2D eigenvalue weighted by Crippen LogP contribution is 2.24. The van der Waals surface area contributed by atoms with Crippen molar-refractivity contribution in [1.82, 2.24) is 9.47 Å². The van der Waals surface area contributed by atoms with Crippen LogP contribution in [0.2, 0.25) is 0 Å². The van der Waals surface area contributed by atoms with Crippen molar-refractivity contribution >= 4 is 0 Å². The Morgan fingerprint density at radius 1 is 1.41 bits per heavy atom. The lowest BCUT2D eigenvalue weighted by Gasteiger charge is -2.41. The Labute approximate surface area is 103 Å². The molecule has 0 amide bonds. The summed E-state index contributed by atoms with van der Waals surface area (Å²) in [5.74, 6) is 1.57. The van der Waals surface area contributed by atoms with Crippen LogP contribution >= 0.6 is 0 Å². The van der Waals surface area contributed by atoms with Crippen molar-refractivity contribution in [2.45, 2.75) is 33.9 Å². The molecule has 3 nitrogen and oxygen atoms in total. The van der Waals surface area contributed by atoms with Crippen molar-refractivity contribution in [2.24, 2.45) is 11.8 Å². The zero-order valence-electron chi connectivity index (χ0n) is 11.0. The minimum Gasteiger partial charge on any atom is -0.316 e. The molecule has 94 valence electrons. The van der Waals surface area contributed by atoms with Crippen LogP contribution in [0.4, 0.5) is 0 Å². The van der Waals surface area contributed by atoms with Gasteiger partial charge in [-0.1, -0.05) is 19.9 Å². The first-order valence-corrected chi connectivity index (χ1v) is 6.52. The lowest BCUT2D eigenvalue weighted by molar-refractivity contribution is 0.0609. The summed E-state index contributed by atoms with van der Waals surface area (Å²) in [6.45, 7) is 10.4. The molecular weight excluding hydrogens is 212 g/mol. The molecular formula is C14H22N2O. The van der Waals surface area contributed by atoms with Gasteiger partial charge in [0.1, 0.15) is 0 Å². The average Bonchev–Trinajstić information content (AvgIpc) is 2.24. The molecule has 2 rings (SSSR count). The summed E-state index contributed by atoms with van der Waals surface area (Å²) >= 11 is 0. The molecule has 1 aromatic heterocycles. The van der Waals surface area contributed by atoms with Gasteiger partial charge in [0.25, 0.3) is 5.56 Å². The lowest BCUT2D eigenvalue weighted by Crippen LogP contribution is -2.49. The number of rotatable bonds is 4. The molecule has 1 saturated heterocycles. The average molecular weight is 234 g/mol. The topological polar surface area (TPSA) is 25.2 Å². The number of likely N-dealkylation sites (tertiary alicyclic amines) is 1. The van der Waals surface area contributed by atoms with Crippen molar-refractivity contribution in [2.75, 3.05) is 13.1 Å². The molecule has 0 unspecified atom stereocenters. The Kier molecular flexibility index (Phi) is 3.67. The van der Waals surface area contributed by atoms with Crippen LogP contribution in [0.1, 0.15) is 26.3 Å². The number of nitrogens with zero attached hydrogens (tertiary/aromatic N) is 2. The largest absolute Gasteiger partial charge is 0.316 e. The summed E-state index contributed by atoms with van der Waals surface area (Å²) in [5, 5.41) is 0. The van der Waals surface area contributed by atoms with E-state index in [1.165, 1.54) is 0 Å². The van der Waals surface area contributed by atoms with Gasteiger partial charge in [0.2, 0.25) is 0 Å². The summed E-state index contributed by atoms with van der Waals surface area (Å²) in [4.78, 5) is 14.4. The summed E-state index contributed by atoms with van der Waals surface area (Å²) in [6.07, 6.45) is 1.86. The minimum absolute atomic E-state index is 0.169. The van der Waals surface area contributed by atoms with Gasteiger partial charge in [0.05, 0.1) is 0 Å². The van der Waals surface area contributed by atoms with Crippen molar-refractivity contribution in [3.63, 3.8) is 0 Å². The molecule has 1 aliphatic heterocycles. The maximum atomic E-state index is 12.0. The first-order chi connectivity index (χ1) is 8.11. The van der Waals surface area contributed by atoms with E-state index in [4.69, 9.17) is 0 Å². The van der Waals surface area contributed by atoms with Gasteiger partial charge in [-0.05, 0) is 24.8 Å². The molecule has 0 saturated carbocycles. The molecule has 0 radical (unpaired) electrons. The normalized spacial score (nSPS) is 17.4. The van der Waals surface area contributed by atoms with Gasteiger partial charge in [0.15, 0.2) is 0 Å². The van der Waals surface area contributed by atoms with Crippen molar-refractivity contribution in [3.05, 3.63) is 34.2 Å². The van der Waals surface area contributed by atoms with Crippen LogP contribution in [0.5, 0.6) is 0 Å². The maximum absolute atomic E-state index is 12.0. The first kappa shape index (κ1) is 12.4. The molecule has 1 fully saturated rings. The summed E-state index contributed by atoms with van der Waals surface area (Å²) in [5.41, 5.74) is 1.10. The number of pyridine rings is 1. The van der Waals surface area contributed by atoms with Gasteiger partial charge in [-0.15, -0.1) is 0 Å². The molecule has 17 heavy (non-hydrogen) atoms. The fraction of sp³-hybridized carbons (Fsp3) is 0.643. The van der Waals surface area contributed by atoms with E-state index in [9.17, 15) is 4.79 Å². The number of aromatic nitrogens is 1. The molecule has 0 aliphatic carbocycles. The quantitative estimate of drug-likeness (QED) is 0.795. The molecule has 2 heterocycles. The van der Waals surface area contributed by atoms with Gasteiger partial charge in [-0.3, -0.25) is 9.69 Å². The van der Waals surface area contributed by atoms with E-state index in [-0.39, 0.29) is 5.56 Å². The molecule has 0 N–H and O–H groups in total. The second-order valence-electron chi connectivity index (χ2n) is 5.32. The summed E-state index contributed by atoms with van der Waals surface area (Å²) < 4.78 is 1.77. The summed E-state index contributed by atoms with van der Waals surface area (Å²) in [7, 11) is 0. The molecule has 3 heteroatoms. The van der Waals surface area contributed by atoms with Crippen LogP contribution in [0.3, 0.4) is 0 Å². The fourth-order valence-electron chi connectivity index (χ4n) is 2.36. The standard InChI is InChI=1S/C14H22N2O/c1-4-16-7-5-6-12(14(16)17)8-15-9-13(10-15)11(2)3/h5-7,11,13H,4,8-10H2,1-3H3. The van der Waals surface area contributed by atoms with E-state index in [1.807, 2.05) is 25.3 Å². The fourth-order valence-corrected chi connectivity index (χ4v) is 2.36. The number of aryl methyl sites for hydroxylation is 1. The predicted octanol–water partition coefficient (Wildman–Crippen LogP) is 1.96. The zero-order chi connectivity index (χ0) is 12.4. The zero-order valence-corrected chi connectivity index (χ0v) is 11.0. The van der Waals surface area contributed by atoms with Crippen LogP contribution in [0.25, 0.3) is 0 Å². The van der Waals surface area contributed by atoms with Crippen LogP contribution in [-0.2, 0) is 13.1 Å². The Morgan fingerprint density at radius 2 is 2.12 bits per heavy atom. The van der Waals surface area contributed by atoms with Gasteiger partial charge in [-0.25, -0.2) is 0 Å². The molecule has 0 aromatic carbocycles. The highest BCUT2D eigenvalue weighted by molar-refractivity contribution is 5.11. The van der Waals surface area contributed by atoms with Gasteiger partial charge in [0, 0.05) is 37.9 Å². The molecule has 0 bridgehead atoms. The Bertz CT molecular complexity index is 430. The van der Waals surface area contributed by atoms with Gasteiger partial charge < -0.3 is 4.57 Å². The van der Waals surface area contributed by atoms with E-state index < -0.39 is 0 Å². The third-order valence-corrected chi connectivity index (χ3v) is 3.76. The van der Waals surface area contributed by atoms with Gasteiger partial charge >= 0.3 is 0 Å². The predicted molar refractivity (Wildman–Crippen MR) is 70.0 cm³/mol. The second-order valence-corrected chi connectivity index (χ2v) is 5.32. The molecule has 1 aliphatic rings. The molecule has 1 aromatic rings. The van der Waals surface area contributed by atoms with E-state index in [0.717, 1.165) is 43.6 Å². The Balaban J connectivity index is 1.99. The van der Waals surface area contributed by atoms with Gasteiger partial charge in [-0.2, -0.15) is 0 Å². The Morgan fingerprint density at radius 3 is 2.71 bits per heavy atom. The molecule has 0 spiro atoms. The van der Waals surface area contributed by atoms with Crippen LogP contribution < -0.4 is 5.56 Å². The highest BCUT2D eigenvalue weighted by Gasteiger charge is 2.29. The minimum atomic E-state index is 0.169. The van der Waals surface area contributed by atoms with Crippen molar-refractivity contribution in [1.29, 1.82) is 0 Å². The third-order valence-electron chi connectivity index (χ3n) is 3.76.